The van der Waals surface area contributed by atoms with Crippen LogP contribution in [-0.4, -0.2) is 23.4 Å². The molecule has 136 valence electrons. The highest BCUT2D eigenvalue weighted by atomic mass is 32.2. The fourth-order valence-corrected chi connectivity index (χ4v) is 4.34. The van der Waals surface area contributed by atoms with Crippen LogP contribution in [-0.2, 0) is 10.0 Å². The lowest BCUT2D eigenvalue weighted by atomic mass is 10.0. The van der Waals surface area contributed by atoms with Crippen molar-refractivity contribution >= 4 is 21.1 Å². The molecule has 3 aromatic heterocycles. The molecule has 4 rings (SSSR count). The molecular formula is C20H18N4O2S. The van der Waals surface area contributed by atoms with Gasteiger partial charge in [-0.1, -0.05) is 35.9 Å². The summed E-state index contributed by atoms with van der Waals surface area (Å²) in [7, 11) is -3.81. The lowest BCUT2D eigenvalue weighted by Crippen LogP contribution is -2.30. The summed E-state index contributed by atoms with van der Waals surface area (Å²) in [5, 5.41) is 0.550. The standard InChI is InChI=1S/C20H18N4O2S/c1-14-7-9-15(10-8-14)19(17-6-2-3-11-21-17)24-27(25,26)18-13-23-20-16(18)5-4-12-22-20/h2-13,19,24H,1H3,(H,22,23). The number of rotatable bonds is 5. The van der Waals surface area contributed by atoms with Crippen LogP contribution < -0.4 is 4.72 Å². The van der Waals surface area contributed by atoms with E-state index in [-0.39, 0.29) is 4.90 Å². The Balaban J connectivity index is 1.78. The van der Waals surface area contributed by atoms with Gasteiger partial charge < -0.3 is 4.98 Å². The zero-order chi connectivity index (χ0) is 18.9. The van der Waals surface area contributed by atoms with Crippen LogP contribution in [0.5, 0.6) is 0 Å². The molecular weight excluding hydrogens is 360 g/mol. The van der Waals surface area contributed by atoms with E-state index in [1.807, 2.05) is 43.3 Å². The molecule has 0 saturated heterocycles. The maximum Gasteiger partial charge on any atom is 0.243 e. The van der Waals surface area contributed by atoms with E-state index in [9.17, 15) is 8.42 Å². The Morgan fingerprint density at radius 1 is 0.963 bits per heavy atom. The van der Waals surface area contributed by atoms with Gasteiger partial charge in [-0.3, -0.25) is 4.98 Å². The number of benzene rings is 1. The molecule has 4 aromatic rings. The number of fused-ring (bicyclic) bond motifs is 1. The number of nitrogens with one attached hydrogen (secondary N) is 2. The predicted molar refractivity (Wildman–Crippen MR) is 104 cm³/mol. The molecule has 1 aromatic carbocycles. The third-order valence-corrected chi connectivity index (χ3v) is 5.83. The molecule has 0 aliphatic rings. The molecule has 0 saturated carbocycles. The number of hydrogen-bond acceptors (Lipinski definition) is 4. The molecule has 2 N–H and O–H groups in total. The normalized spacial score (nSPS) is 12.9. The van der Waals surface area contributed by atoms with E-state index < -0.39 is 16.1 Å². The maximum atomic E-state index is 13.1. The SMILES string of the molecule is Cc1ccc(C(NS(=O)(=O)c2c[nH]c3ncccc23)c2ccccn2)cc1. The minimum absolute atomic E-state index is 0.165. The third-order valence-electron chi connectivity index (χ3n) is 4.37. The molecule has 3 heterocycles. The van der Waals surface area contributed by atoms with Gasteiger partial charge in [0.15, 0.2) is 0 Å². The van der Waals surface area contributed by atoms with Gasteiger partial charge in [-0.05, 0) is 36.8 Å². The summed E-state index contributed by atoms with van der Waals surface area (Å²) < 4.78 is 29.1. The topological polar surface area (TPSA) is 87.7 Å². The lowest BCUT2D eigenvalue weighted by Gasteiger charge is -2.19. The molecule has 6 nitrogen and oxygen atoms in total. The van der Waals surface area contributed by atoms with Crippen LogP contribution in [0.15, 0.2) is 78.1 Å². The highest BCUT2D eigenvalue weighted by Crippen LogP contribution is 2.26. The van der Waals surface area contributed by atoms with Crippen molar-refractivity contribution in [1.82, 2.24) is 19.7 Å². The van der Waals surface area contributed by atoms with Gasteiger partial charge in [0.1, 0.15) is 10.5 Å². The molecule has 0 fully saturated rings. The summed E-state index contributed by atoms with van der Waals surface area (Å²) in [4.78, 5) is 11.6. The zero-order valence-corrected chi connectivity index (χ0v) is 15.4. The van der Waals surface area contributed by atoms with E-state index in [0.717, 1.165) is 11.1 Å². The van der Waals surface area contributed by atoms with Crippen molar-refractivity contribution in [2.45, 2.75) is 17.9 Å². The highest BCUT2D eigenvalue weighted by Gasteiger charge is 2.26. The van der Waals surface area contributed by atoms with E-state index >= 15 is 0 Å². The quantitative estimate of drug-likeness (QED) is 0.558. The van der Waals surface area contributed by atoms with Crippen LogP contribution in [0, 0.1) is 6.92 Å². The third kappa shape index (κ3) is 3.47. The Morgan fingerprint density at radius 2 is 1.74 bits per heavy atom. The van der Waals surface area contributed by atoms with Crippen molar-refractivity contribution in [2.75, 3.05) is 0 Å². The van der Waals surface area contributed by atoms with Crippen molar-refractivity contribution in [2.24, 2.45) is 0 Å². The molecule has 1 atom stereocenters. The molecule has 0 aliphatic carbocycles. The Kier molecular flexibility index (Phi) is 4.47. The van der Waals surface area contributed by atoms with Gasteiger partial charge in [0.05, 0.1) is 11.7 Å². The fraction of sp³-hybridized carbons (Fsp3) is 0.100. The summed E-state index contributed by atoms with van der Waals surface area (Å²) >= 11 is 0. The first kappa shape index (κ1) is 17.4. The number of sulfonamides is 1. The van der Waals surface area contributed by atoms with Gasteiger partial charge in [-0.2, -0.15) is 4.72 Å². The molecule has 0 amide bonds. The van der Waals surface area contributed by atoms with Crippen LogP contribution in [0.3, 0.4) is 0 Å². The second kappa shape index (κ2) is 6.94. The van der Waals surface area contributed by atoms with Crippen molar-refractivity contribution in [3.63, 3.8) is 0 Å². The minimum atomic E-state index is -3.81. The molecule has 0 radical (unpaired) electrons. The minimum Gasteiger partial charge on any atom is -0.345 e. The van der Waals surface area contributed by atoms with E-state index in [2.05, 4.69) is 19.7 Å². The van der Waals surface area contributed by atoms with Gasteiger partial charge in [-0.15, -0.1) is 0 Å². The number of aromatic nitrogens is 3. The Bertz CT molecular complexity index is 1170. The summed E-state index contributed by atoms with van der Waals surface area (Å²) in [6.07, 6.45) is 4.73. The van der Waals surface area contributed by atoms with Crippen LogP contribution in [0.1, 0.15) is 22.9 Å². The second-order valence-corrected chi connectivity index (χ2v) is 7.95. The molecule has 7 heteroatoms. The number of hydrogen-bond donors (Lipinski definition) is 2. The van der Waals surface area contributed by atoms with Crippen molar-refractivity contribution in [3.8, 4) is 0 Å². The van der Waals surface area contributed by atoms with Crippen LogP contribution in [0.4, 0.5) is 0 Å². The van der Waals surface area contributed by atoms with E-state index in [4.69, 9.17) is 0 Å². The Morgan fingerprint density at radius 3 is 2.48 bits per heavy atom. The van der Waals surface area contributed by atoms with Crippen molar-refractivity contribution in [1.29, 1.82) is 0 Å². The monoisotopic (exact) mass is 378 g/mol. The molecule has 0 bridgehead atoms. The number of pyridine rings is 2. The summed E-state index contributed by atoms with van der Waals surface area (Å²) in [5.41, 5.74) is 3.08. The van der Waals surface area contributed by atoms with Crippen molar-refractivity contribution < 1.29 is 8.42 Å². The van der Waals surface area contributed by atoms with E-state index in [1.54, 1.807) is 30.6 Å². The van der Waals surface area contributed by atoms with Gasteiger partial charge in [-0.25, -0.2) is 13.4 Å². The predicted octanol–water partition coefficient (Wildman–Crippen LogP) is 3.33. The van der Waals surface area contributed by atoms with E-state index in [0.29, 0.717) is 16.7 Å². The number of H-pyrrole nitrogens is 1. The van der Waals surface area contributed by atoms with Gasteiger partial charge in [0, 0.05) is 24.0 Å². The van der Waals surface area contributed by atoms with Gasteiger partial charge >= 0.3 is 0 Å². The Labute approximate surface area is 157 Å². The largest absolute Gasteiger partial charge is 0.345 e. The second-order valence-electron chi connectivity index (χ2n) is 6.27. The Hall–Kier alpha value is -3.03. The first-order chi connectivity index (χ1) is 13.0. The van der Waals surface area contributed by atoms with Crippen molar-refractivity contribution in [3.05, 3.63) is 90.0 Å². The van der Waals surface area contributed by atoms with Crippen LogP contribution >= 0.6 is 0 Å². The molecule has 0 spiro atoms. The summed E-state index contributed by atoms with van der Waals surface area (Å²) in [6.45, 7) is 1.99. The molecule has 27 heavy (non-hydrogen) atoms. The van der Waals surface area contributed by atoms with Gasteiger partial charge in [0.2, 0.25) is 10.0 Å². The summed E-state index contributed by atoms with van der Waals surface area (Å²) in [6, 6.07) is 16.0. The summed E-state index contributed by atoms with van der Waals surface area (Å²) in [5.74, 6) is 0. The van der Waals surface area contributed by atoms with Gasteiger partial charge in [0.25, 0.3) is 0 Å². The maximum absolute atomic E-state index is 13.1. The lowest BCUT2D eigenvalue weighted by molar-refractivity contribution is 0.571. The van der Waals surface area contributed by atoms with Crippen LogP contribution in [0.25, 0.3) is 11.0 Å². The number of aryl methyl sites for hydroxylation is 1. The fourth-order valence-electron chi connectivity index (χ4n) is 2.98. The first-order valence-corrected chi connectivity index (χ1v) is 9.95. The number of nitrogens with zero attached hydrogens (tertiary/aromatic N) is 2. The zero-order valence-electron chi connectivity index (χ0n) is 14.6. The van der Waals surface area contributed by atoms with Crippen LogP contribution in [0.2, 0.25) is 0 Å². The number of aromatic amines is 1. The first-order valence-electron chi connectivity index (χ1n) is 8.46. The smallest absolute Gasteiger partial charge is 0.243 e. The molecule has 0 aliphatic heterocycles. The average molecular weight is 378 g/mol. The average Bonchev–Trinajstić information content (AvgIpc) is 3.13. The molecule has 1 unspecified atom stereocenters. The highest BCUT2D eigenvalue weighted by molar-refractivity contribution is 7.89. The van der Waals surface area contributed by atoms with E-state index in [1.165, 1.54) is 6.20 Å².